The lowest BCUT2D eigenvalue weighted by atomic mass is 9.81. The van der Waals surface area contributed by atoms with Crippen LogP contribution in [0, 0.1) is 5.82 Å². The molecule has 1 atom stereocenters. The summed E-state index contributed by atoms with van der Waals surface area (Å²) in [5.74, 6) is -5.27. The maximum Gasteiger partial charge on any atom is 0.299 e. The Hall–Kier alpha value is -2.65. The van der Waals surface area contributed by atoms with Crippen LogP contribution >= 0.6 is 11.6 Å². The fourth-order valence-electron chi connectivity index (χ4n) is 3.21. The highest BCUT2D eigenvalue weighted by Crippen LogP contribution is 2.46. The van der Waals surface area contributed by atoms with Gasteiger partial charge in [-0.05, 0) is 36.8 Å². The third-order valence-corrected chi connectivity index (χ3v) is 4.93. The minimum Gasteiger partial charge on any atom is -0.385 e. The van der Waals surface area contributed by atoms with Crippen molar-refractivity contribution in [2.45, 2.75) is 24.8 Å². The lowest BCUT2D eigenvalue weighted by molar-refractivity contribution is -0.123. The van der Waals surface area contributed by atoms with Crippen LogP contribution < -0.4 is 11.1 Å². The summed E-state index contributed by atoms with van der Waals surface area (Å²) >= 11 is 5.95. The molecule has 1 aromatic heterocycles. The molecule has 29 heavy (non-hydrogen) atoms. The third-order valence-electron chi connectivity index (χ3n) is 4.63. The van der Waals surface area contributed by atoms with Crippen molar-refractivity contribution in [3.05, 3.63) is 58.6 Å². The summed E-state index contributed by atoms with van der Waals surface area (Å²) in [6.45, 7) is 0.201. The van der Waals surface area contributed by atoms with Crippen molar-refractivity contribution in [1.82, 2.24) is 4.98 Å². The Kier molecular flexibility index (Phi) is 5.81. The molecule has 1 aliphatic rings. The molecule has 6 nitrogen and oxygen atoms in total. The van der Waals surface area contributed by atoms with Crippen LogP contribution in [0.2, 0.25) is 5.02 Å². The minimum absolute atomic E-state index is 0.0549. The van der Waals surface area contributed by atoms with Gasteiger partial charge in [-0.1, -0.05) is 18.5 Å². The Bertz CT molecular complexity index is 970. The molecule has 10 heteroatoms. The van der Waals surface area contributed by atoms with Gasteiger partial charge < -0.3 is 15.8 Å². The van der Waals surface area contributed by atoms with Crippen molar-refractivity contribution < 1.29 is 22.7 Å². The predicted molar refractivity (Wildman–Crippen MR) is 103 cm³/mol. The summed E-state index contributed by atoms with van der Waals surface area (Å²) in [7, 11) is 0. The molecule has 0 fully saturated rings. The van der Waals surface area contributed by atoms with Crippen LogP contribution in [0.15, 0.2) is 41.5 Å². The fourth-order valence-corrected chi connectivity index (χ4v) is 3.42. The first-order valence-electron chi connectivity index (χ1n) is 8.72. The Labute approximate surface area is 169 Å². The van der Waals surface area contributed by atoms with Crippen molar-refractivity contribution >= 4 is 29.0 Å². The number of alkyl halides is 2. The standard InChI is InChI=1S/C19H18ClF3N4O2/c1-2-18(19(22,23)10-29-9-15(24)27-18)12-8-11(5-6-14(12)21)26-17(28)16-13(20)4-3-7-25-16/h3-8H,2,9-10H2,1H3,(H2,24,27)(H,26,28). The lowest BCUT2D eigenvalue weighted by Gasteiger charge is -2.36. The maximum atomic E-state index is 15.0. The Morgan fingerprint density at radius 2 is 2.14 bits per heavy atom. The molecule has 2 aromatic rings. The van der Waals surface area contributed by atoms with Crippen molar-refractivity contribution in [3.63, 3.8) is 0 Å². The highest BCUT2D eigenvalue weighted by Gasteiger charge is 2.56. The molecular formula is C19H18ClF3N4O2. The molecule has 3 N–H and O–H groups in total. The maximum absolute atomic E-state index is 15.0. The number of aliphatic imine (C=N–C) groups is 1. The largest absolute Gasteiger partial charge is 0.385 e. The zero-order chi connectivity index (χ0) is 21.2. The molecule has 0 spiro atoms. The second-order valence-electron chi connectivity index (χ2n) is 6.50. The van der Waals surface area contributed by atoms with Crippen molar-refractivity contribution in [2.75, 3.05) is 18.5 Å². The number of nitrogens with zero attached hydrogens (tertiary/aromatic N) is 2. The molecule has 3 rings (SSSR count). The highest BCUT2D eigenvalue weighted by molar-refractivity contribution is 6.34. The van der Waals surface area contributed by atoms with Gasteiger partial charge in [0.25, 0.3) is 11.8 Å². The number of anilines is 1. The zero-order valence-corrected chi connectivity index (χ0v) is 16.1. The molecule has 0 saturated carbocycles. The summed E-state index contributed by atoms with van der Waals surface area (Å²) < 4.78 is 49.5. The SMILES string of the molecule is CCC1(c2cc(NC(=O)c3ncccc3Cl)ccc2F)N=C(N)COCC1(F)F. The van der Waals surface area contributed by atoms with Gasteiger partial charge in [0, 0.05) is 17.4 Å². The second-order valence-corrected chi connectivity index (χ2v) is 6.90. The van der Waals surface area contributed by atoms with Gasteiger partial charge >= 0.3 is 0 Å². The first-order valence-corrected chi connectivity index (χ1v) is 9.09. The van der Waals surface area contributed by atoms with Crippen LogP contribution in [0.5, 0.6) is 0 Å². The third kappa shape index (κ3) is 3.92. The molecular weight excluding hydrogens is 409 g/mol. The number of benzene rings is 1. The fraction of sp³-hybridized carbons (Fsp3) is 0.316. The number of amidine groups is 1. The molecule has 1 unspecified atom stereocenters. The molecule has 1 aliphatic heterocycles. The number of hydrogen-bond donors (Lipinski definition) is 2. The van der Waals surface area contributed by atoms with E-state index in [1.807, 2.05) is 0 Å². The van der Waals surface area contributed by atoms with Crippen molar-refractivity contribution in [1.29, 1.82) is 0 Å². The summed E-state index contributed by atoms with van der Waals surface area (Å²) in [5, 5.41) is 2.61. The zero-order valence-electron chi connectivity index (χ0n) is 15.4. The molecule has 0 radical (unpaired) electrons. The van der Waals surface area contributed by atoms with Gasteiger partial charge in [0.15, 0.2) is 5.54 Å². The molecule has 0 bridgehead atoms. The monoisotopic (exact) mass is 426 g/mol. The number of hydrogen-bond acceptors (Lipinski definition) is 5. The smallest absolute Gasteiger partial charge is 0.299 e. The topological polar surface area (TPSA) is 89.6 Å². The Balaban J connectivity index is 2.05. The number of nitrogens with one attached hydrogen (secondary N) is 1. The number of nitrogens with two attached hydrogens (primary N) is 1. The first kappa shape index (κ1) is 21.1. The number of rotatable bonds is 4. The van der Waals surface area contributed by atoms with Gasteiger partial charge in [0.05, 0.1) is 5.02 Å². The van der Waals surface area contributed by atoms with E-state index in [9.17, 15) is 18.0 Å². The average molecular weight is 427 g/mol. The molecule has 1 amide bonds. The van der Waals surface area contributed by atoms with Crippen LogP contribution in [0.4, 0.5) is 18.9 Å². The predicted octanol–water partition coefficient (Wildman–Crippen LogP) is 3.75. The van der Waals surface area contributed by atoms with E-state index in [4.69, 9.17) is 22.1 Å². The van der Waals surface area contributed by atoms with E-state index < -0.39 is 35.4 Å². The van der Waals surface area contributed by atoms with Crippen LogP contribution in [0.3, 0.4) is 0 Å². The molecule has 0 saturated heterocycles. The van der Waals surface area contributed by atoms with E-state index >= 15 is 0 Å². The van der Waals surface area contributed by atoms with E-state index in [2.05, 4.69) is 15.3 Å². The van der Waals surface area contributed by atoms with Crippen molar-refractivity contribution in [3.8, 4) is 0 Å². The second kappa shape index (κ2) is 8.00. The van der Waals surface area contributed by atoms with Crippen LogP contribution in [0.25, 0.3) is 0 Å². The summed E-state index contributed by atoms with van der Waals surface area (Å²) in [6, 6.07) is 6.38. The average Bonchev–Trinajstić information content (AvgIpc) is 2.79. The summed E-state index contributed by atoms with van der Waals surface area (Å²) in [6.07, 6.45) is 1.14. The molecule has 154 valence electrons. The van der Waals surface area contributed by atoms with Crippen LogP contribution in [0.1, 0.15) is 29.4 Å². The number of halogens is 4. The lowest BCUT2D eigenvalue weighted by Crippen LogP contribution is -2.47. The van der Waals surface area contributed by atoms with E-state index in [1.165, 1.54) is 25.3 Å². The molecule has 0 aliphatic carbocycles. The number of ether oxygens (including phenoxy) is 1. The van der Waals surface area contributed by atoms with Crippen LogP contribution in [-0.2, 0) is 10.3 Å². The number of pyridine rings is 1. The summed E-state index contributed by atoms with van der Waals surface area (Å²) in [5.41, 5.74) is 3.03. The number of amides is 1. The quantitative estimate of drug-likeness (QED) is 0.779. The highest BCUT2D eigenvalue weighted by atomic mass is 35.5. The van der Waals surface area contributed by atoms with Gasteiger partial charge in [0.2, 0.25) is 0 Å². The van der Waals surface area contributed by atoms with Gasteiger partial charge in [0.1, 0.15) is 30.6 Å². The summed E-state index contributed by atoms with van der Waals surface area (Å²) in [4.78, 5) is 20.2. The van der Waals surface area contributed by atoms with Crippen molar-refractivity contribution in [2.24, 2.45) is 10.7 Å². The number of carbonyl (C=O) groups excluding carboxylic acids is 1. The van der Waals surface area contributed by atoms with Crippen LogP contribution in [-0.4, -0.2) is 35.9 Å². The van der Waals surface area contributed by atoms with E-state index in [1.54, 1.807) is 6.07 Å². The first-order chi connectivity index (χ1) is 13.7. The Morgan fingerprint density at radius 3 is 2.83 bits per heavy atom. The van der Waals surface area contributed by atoms with E-state index in [0.717, 1.165) is 12.1 Å². The van der Waals surface area contributed by atoms with Gasteiger partial charge in [-0.2, -0.15) is 0 Å². The number of carbonyl (C=O) groups is 1. The Morgan fingerprint density at radius 1 is 1.38 bits per heavy atom. The van der Waals surface area contributed by atoms with E-state index in [0.29, 0.717) is 0 Å². The number of aromatic nitrogens is 1. The molecule has 1 aromatic carbocycles. The van der Waals surface area contributed by atoms with Gasteiger partial charge in [-0.25, -0.2) is 18.2 Å². The van der Waals surface area contributed by atoms with E-state index in [-0.39, 0.29) is 35.3 Å². The van der Waals surface area contributed by atoms with Gasteiger partial charge in [-0.15, -0.1) is 0 Å². The normalized spacial score (nSPS) is 21.2. The van der Waals surface area contributed by atoms with Gasteiger partial charge in [-0.3, -0.25) is 9.79 Å². The molecule has 2 heterocycles. The minimum atomic E-state index is -3.53.